The maximum absolute atomic E-state index is 14.1. The van der Waals surface area contributed by atoms with Gasteiger partial charge in [0, 0.05) is 24.4 Å². The van der Waals surface area contributed by atoms with E-state index in [-0.39, 0.29) is 23.3 Å². The lowest BCUT2D eigenvalue weighted by Gasteiger charge is -2.42. The quantitative estimate of drug-likeness (QED) is 0.809. The second-order valence-electron chi connectivity index (χ2n) is 5.05. The molecule has 7 heteroatoms. The summed E-state index contributed by atoms with van der Waals surface area (Å²) in [5.74, 6) is -1.41. The highest BCUT2D eigenvalue weighted by molar-refractivity contribution is 5.93. The number of halogens is 3. The van der Waals surface area contributed by atoms with Crippen molar-refractivity contribution < 1.29 is 27.1 Å². The van der Waals surface area contributed by atoms with Crippen molar-refractivity contribution in [2.45, 2.75) is 25.8 Å². The molecule has 0 aliphatic carbocycles. The van der Waals surface area contributed by atoms with Gasteiger partial charge in [0.2, 0.25) is 5.76 Å². The number of furan rings is 1. The minimum Gasteiger partial charge on any atom is -0.460 e. The standard InChI is InChI=1S/C15H14F3NO3/c1-2-21-15(20)13-7-9-10(16)5-8(6-12(9)22-13)19-4-3-11(19)14(17)18/h5-7,11,14H,2-4H2,1H3. The number of nitrogens with zero attached hydrogens (tertiary/aromatic N) is 1. The van der Waals surface area contributed by atoms with Gasteiger partial charge in [-0.15, -0.1) is 0 Å². The zero-order chi connectivity index (χ0) is 15.9. The lowest BCUT2D eigenvalue weighted by atomic mass is 10.0. The molecular formula is C15H14F3NO3. The number of alkyl halides is 2. The summed E-state index contributed by atoms with van der Waals surface area (Å²) in [4.78, 5) is 13.0. The van der Waals surface area contributed by atoms with E-state index in [0.29, 0.717) is 18.7 Å². The highest BCUT2D eigenvalue weighted by Crippen LogP contribution is 2.34. The van der Waals surface area contributed by atoms with Gasteiger partial charge in [0.1, 0.15) is 11.4 Å². The van der Waals surface area contributed by atoms with Crippen molar-refractivity contribution in [1.82, 2.24) is 0 Å². The van der Waals surface area contributed by atoms with Gasteiger partial charge in [0.15, 0.2) is 0 Å². The summed E-state index contributed by atoms with van der Waals surface area (Å²) >= 11 is 0. The van der Waals surface area contributed by atoms with Crippen LogP contribution in [0.2, 0.25) is 0 Å². The Morgan fingerprint density at radius 2 is 2.23 bits per heavy atom. The molecule has 118 valence electrons. The first kappa shape index (κ1) is 14.7. The van der Waals surface area contributed by atoms with Gasteiger partial charge in [-0.3, -0.25) is 0 Å². The molecule has 0 spiro atoms. The van der Waals surface area contributed by atoms with Crippen LogP contribution in [0.15, 0.2) is 22.6 Å². The third-order valence-corrected chi connectivity index (χ3v) is 3.74. The molecule has 2 aromatic rings. The fourth-order valence-corrected chi connectivity index (χ4v) is 2.54. The van der Waals surface area contributed by atoms with Gasteiger partial charge in [-0.2, -0.15) is 0 Å². The van der Waals surface area contributed by atoms with E-state index < -0.39 is 24.3 Å². The predicted octanol–water partition coefficient (Wildman–Crippen LogP) is 3.59. The van der Waals surface area contributed by atoms with Crippen molar-refractivity contribution in [3.05, 3.63) is 29.8 Å². The number of hydrogen-bond donors (Lipinski definition) is 0. The normalized spacial score (nSPS) is 17.9. The molecule has 2 heterocycles. The second kappa shape index (κ2) is 5.55. The third kappa shape index (κ3) is 2.40. The van der Waals surface area contributed by atoms with Crippen molar-refractivity contribution in [1.29, 1.82) is 0 Å². The highest BCUT2D eigenvalue weighted by Gasteiger charge is 2.36. The summed E-state index contributed by atoms with van der Waals surface area (Å²) in [6.45, 7) is 2.26. The number of rotatable bonds is 4. The van der Waals surface area contributed by atoms with Gasteiger partial charge in [-0.05, 0) is 19.4 Å². The number of carbonyl (C=O) groups excluding carboxylic acids is 1. The molecule has 1 atom stereocenters. The smallest absolute Gasteiger partial charge is 0.374 e. The van der Waals surface area contributed by atoms with E-state index in [1.807, 2.05) is 0 Å². The molecule has 0 saturated carbocycles. The highest BCUT2D eigenvalue weighted by atomic mass is 19.3. The number of anilines is 1. The van der Waals surface area contributed by atoms with Crippen LogP contribution in [-0.4, -0.2) is 31.6 Å². The Morgan fingerprint density at radius 1 is 1.45 bits per heavy atom. The Labute approximate surface area is 124 Å². The number of carbonyl (C=O) groups is 1. The van der Waals surface area contributed by atoms with E-state index in [0.717, 1.165) is 0 Å². The number of ether oxygens (including phenoxy) is 1. The largest absolute Gasteiger partial charge is 0.460 e. The molecule has 0 amide bonds. The van der Waals surface area contributed by atoms with Crippen molar-refractivity contribution in [3.63, 3.8) is 0 Å². The maximum atomic E-state index is 14.1. The van der Waals surface area contributed by atoms with E-state index in [2.05, 4.69) is 0 Å². The summed E-state index contributed by atoms with van der Waals surface area (Å²) < 4.78 is 49.8. The summed E-state index contributed by atoms with van der Waals surface area (Å²) in [5, 5.41) is 0.126. The van der Waals surface area contributed by atoms with Crippen molar-refractivity contribution in [3.8, 4) is 0 Å². The van der Waals surface area contributed by atoms with Crippen LogP contribution >= 0.6 is 0 Å². The van der Waals surface area contributed by atoms with Gasteiger partial charge in [-0.1, -0.05) is 0 Å². The van der Waals surface area contributed by atoms with E-state index in [1.165, 1.54) is 23.1 Å². The maximum Gasteiger partial charge on any atom is 0.374 e. The van der Waals surface area contributed by atoms with Crippen molar-refractivity contribution in [2.75, 3.05) is 18.1 Å². The molecule has 0 N–H and O–H groups in total. The summed E-state index contributed by atoms with van der Waals surface area (Å²) in [7, 11) is 0. The van der Waals surface area contributed by atoms with Crippen molar-refractivity contribution >= 4 is 22.6 Å². The Hall–Kier alpha value is -2.18. The average Bonchev–Trinajstić information content (AvgIpc) is 2.81. The lowest BCUT2D eigenvalue weighted by molar-refractivity contribution is 0.0492. The number of esters is 1. The van der Waals surface area contributed by atoms with E-state index in [4.69, 9.17) is 9.15 Å². The number of benzene rings is 1. The molecule has 0 radical (unpaired) electrons. The molecule has 1 aliphatic rings. The van der Waals surface area contributed by atoms with Crippen LogP contribution in [-0.2, 0) is 4.74 Å². The Morgan fingerprint density at radius 3 is 2.82 bits per heavy atom. The second-order valence-corrected chi connectivity index (χ2v) is 5.05. The fourth-order valence-electron chi connectivity index (χ4n) is 2.54. The Balaban J connectivity index is 1.96. The molecule has 4 nitrogen and oxygen atoms in total. The molecule has 1 aliphatic heterocycles. The van der Waals surface area contributed by atoms with Gasteiger partial charge >= 0.3 is 5.97 Å². The van der Waals surface area contributed by atoms with Gasteiger partial charge < -0.3 is 14.1 Å². The van der Waals surface area contributed by atoms with E-state index in [9.17, 15) is 18.0 Å². The molecule has 0 bridgehead atoms. The predicted molar refractivity (Wildman–Crippen MR) is 73.9 cm³/mol. The van der Waals surface area contributed by atoms with E-state index in [1.54, 1.807) is 6.92 Å². The van der Waals surface area contributed by atoms with Gasteiger partial charge in [0.25, 0.3) is 6.43 Å². The topological polar surface area (TPSA) is 42.7 Å². The summed E-state index contributed by atoms with van der Waals surface area (Å²) in [6, 6.07) is 3.00. The number of fused-ring (bicyclic) bond motifs is 1. The first-order valence-electron chi connectivity index (χ1n) is 6.96. The lowest BCUT2D eigenvalue weighted by Crippen LogP contribution is -2.52. The van der Waals surface area contributed by atoms with E-state index >= 15 is 0 Å². The number of hydrogen-bond acceptors (Lipinski definition) is 4. The SMILES string of the molecule is CCOC(=O)c1cc2c(F)cc(N3CCC3C(F)F)cc2o1. The van der Waals surface area contributed by atoms with Crippen LogP contribution in [0.3, 0.4) is 0 Å². The van der Waals surface area contributed by atoms with Gasteiger partial charge in [-0.25, -0.2) is 18.0 Å². The van der Waals surface area contributed by atoms with Gasteiger partial charge in [0.05, 0.1) is 18.0 Å². The van der Waals surface area contributed by atoms with Crippen LogP contribution in [0.1, 0.15) is 23.9 Å². The first-order valence-corrected chi connectivity index (χ1v) is 6.96. The summed E-state index contributed by atoms with van der Waals surface area (Å²) in [5.41, 5.74) is 0.462. The van der Waals surface area contributed by atoms with Crippen LogP contribution < -0.4 is 4.90 Å². The molecule has 1 aromatic carbocycles. The first-order chi connectivity index (χ1) is 10.5. The molecule has 3 rings (SSSR count). The van der Waals surface area contributed by atoms with Crippen LogP contribution in [0.25, 0.3) is 11.0 Å². The fraction of sp³-hybridized carbons (Fsp3) is 0.400. The van der Waals surface area contributed by atoms with Crippen LogP contribution in [0, 0.1) is 5.82 Å². The Kier molecular flexibility index (Phi) is 3.72. The minimum atomic E-state index is -2.49. The summed E-state index contributed by atoms with van der Waals surface area (Å²) in [6.07, 6.45) is -2.12. The molecular weight excluding hydrogens is 299 g/mol. The molecule has 1 aromatic heterocycles. The monoisotopic (exact) mass is 313 g/mol. The Bertz CT molecular complexity index is 713. The molecule has 22 heavy (non-hydrogen) atoms. The molecule has 1 unspecified atom stereocenters. The van der Waals surface area contributed by atoms with Crippen LogP contribution in [0.4, 0.5) is 18.9 Å². The third-order valence-electron chi connectivity index (χ3n) is 3.74. The zero-order valence-electron chi connectivity index (χ0n) is 11.8. The van der Waals surface area contributed by atoms with Crippen LogP contribution in [0.5, 0.6) is 0 Å². The molecule has 1 fully saturated rings. The zero-order valence-corrected chi connectivity index (χ0v) is 11.8. The average molecular weight is 313 g/mol. The minimum absolute atomic E-state index is 0.109. The molecule has 1 saturated heterocycles. The van der Waals surface area contributed by atoms with Crippen molar-refractivity contribution in [2.24, 2.45) is 0 Å².